The first-order chi connectivity index (χ1) is 11.6. The zero-order chi connectivity index (χ0) is 16.9. The minimum absolute atomic E-state index is 0.486. The topological polar surface area (TPSA) is 75.9 Å². The third-order valence-corrected chi connectivity index (χ3v) is 4.91. The molecule has 0 atom stereocenters. The molecule has 0 bridgehead atoms. The highest BCUT2D eigenvalue weighted by atomic mass is 35.5. The SMILES string of the molecule is Cc1ccc(Nc2ncnc(NCCc3cccs3)c2N)cc1Cl. The molecule has 24 heavy (non-hydrogen) atoms. The van der Waals surface area contributed by atoms with E-state index in [0.717, 1.165) is 24.2 Å². The summed E-state index contributed by atoms with van der Waals surface area (Å²) < 4.78 is 0. The zero-order valence-corrected chi connectivity index (χ0v) is 14.8. The number of benzene rings is 1. The first kappa shape index (κ1) is 16.5. The molecule has 0 fully saturated rings. The molecule has 0 unspecified atom stereocenters. The second kappa shape index (κ2) is 7.51. The summed E-state index contributed by atoms with van der Waals surface area (Å²) in [5, 5.41) is 9.22. The van der Waals surface area contributed by atoms with Crippen molar-refractivity contribution in [2.75, 3.05) is 22.9 Å². The Morgan fingerprint density at radius 1 is 1.21 bits per heavy atom. The Hall–Kier alpha value is -2.31. The van der Waals surface area contributed by atoms with Crippen LogP contribution in [-0.2, 0) is 6.42 Å². The largest absolute Gasteiger partial charge is 0.393 e. The average Bonchev–Trinajstić information content (AvgIpc) is 3.08. The molecule has 0 aliphatic rings. The molecule has 1 aromatic carbocycles. The number of nitrogens with one attached hydrogen (secondary N) is 2. The van der Waals surface area contributed by atoms with Gasteiger partial charge in [-0.05, 0) is 42.5 Å². The van der Waals surface area contributed by atoms with E-state index in [0.29, 0.717) is 22.3 Å². The van der Waals surface area contributed by atoms with Crippen LogP contribution in [-0.4, -0.2) is 16.5 Å². The van der Waals surface area contributed by atoms with Crippen molar-refractivity contribution in [3.8, 4) is 0 Å². The monoisotopic (exact) mass is 359 g/mol. The third-order valence-electron chi connectivity index (χ3n) is 3.56. The van der Waals surface area contributed by atoms with Gasteiger partial charge in [-0.25, -0.2) is 9.97 Å². The van der Waals surface area contributed by atoms with Crippen LogP contribution in [0.5, 0.6) is 0 Å². The molecular weight excluding hydrogens is 342 g/mol. The fraction of sp³-hybridized carbons (Fsp3) is 0.176. The Morgan fingerprint density at radius 2 is 2.04 bits per heavy atom. The van der Waals surface area contributed by atoms with Crippen molar-refractivity contribution in [1.82, 2.24) is 9.97 Å². The number of anilines is 4. The van der Waals surface area contributed by atoms with Crippen molar-refractivity contribution >= 4 is 45.9 Å². The highest BCUT2D eigenvalue weighted by Crippen LogP contribution is 2.28. The molecule has 0 amide bonds. The maximum atomic E-state index is 6.18. The van der Waals surface area contributed by atoms with Gasteiger partial charge in [0.25, 0.3) is 0 Å². The van der Waals surface area contributed by atoms with Gasteiger partial charge < -0.3 is 16.4 Å². The highest BCUT2D eigenvalue weighted by molar-refractivity contribution is 7.09. The van der Waals surface area contributed by atoms with Gasteiger partial charge in [-0.3, -0.25) is 0 Å². The Kier molecular flexibility index (Phi) is 5.17. The number of nitrogens with zero attached hydrogens (tertiary/aromatic N) is 2. The van der Waals surface area contributed by atoms with Gasteiger partial charge in [0.15, 0.2) is 11.6 Å². The van der Waals surface area contributed by atoms with Crippen LogP contribution < -0.4 is 16.4 Å². The van der Waals surface area contributed by atoms with Gasteiger partial charge in [0, 0.05) is 22.1 Å². The summed E-state index contributed by atoms with van der Waals surface area (Å²) >= 11 is 7.89. The van der Waals surface area contributed by atoms with Gasteiger partial charge >= 0.3 is 0 Å². The summed E-state index contributed by atoms with van der Waals surface area (Å²) in [7, 11) is 0. The number of aryl methyl sites for hydroxylation is 1. The van der Waals surface area contributed by atoms with Crippen LogP contribution in [0.15, 0.2) is 42.0 Å². The lowest BCUT2D eigenvalue weighted by molar-refractivity contribution is 1.02. The van der Waals surface area contributed by atoms with E-state index in [2.05, 4.69) is 32.0 Å². The summed E-state index contributed by atoms with van der Waals surface area (Å²) in [6.07, 6.45) is 2.42. The molecule has 0 aliphatic carbocycles. The lowest BCUT2D eigenvalue weighted by atomic mass is 10.2. The van der Waals surface area contributed by atoms with Crippen LogP contribution in [0.4, 0.5) is 23.0 Å². The number of hydrogen-bond donors (Lipinski definition) is 3. The first-order valence-corrected chi connectivity index (χ1v) is 8.79. The fourth-order valence-corrected chi connectivity index (χ4v) is 3.09. The van der Waals surface area contributed by atoms with Crippen molar-refractivity contribution in [2.45, 2.75) is 13.3 Å². The molecule has 0 aliphatic heterocycles. The molecule has 5 nitrogen and oxygen atoms in total. The molecule has 0 saturated carbocycles. The molecule has 0 saturated heterocycles. The van der Waals surface area contributed by atoms with E-state index in [-0.39, 0.29) is 0 Å². The molecule has 2 heterocycles. The molecule has 3 rings (SSSR count). The Balaban J connectivity index is 1.69. The molecule has 0 spiro atoms. The lowest BCUT2D eigenvalue weighted by Crippen LogP contribution is -2.10. The molecule has 2 aromatic heterocycles. The van der Waals surface area contributed by atoms with E-state index in [1.54, 1.807) is 11.3 Å². The van der Waals surface area contributed by atoms with Crippen LogP contribution >= 0.6 is 22.9 Å². The van der Waals surface area contributed by atoms with E-state index in [1.807, 2.05) is 31.2 Å². The van der Waals surface area contributed by atoms with Gasteiger partial charge in [0.05, 0.1) is 0 Å². The summed E-state index contributed by atoms with van der Waals surface area (Å²) in [6.45, 7) is 2.72. The summed E-state index contributed by atoms with van der Waals surface area (Å²) in [5.41, 5.74) is 8.52. The fourth-order valence-electron chi connectivity index (χ4n) is 2.20. The maximum absolute atomic E-state index is 6.18. The maximum Gasteiger partial charge on any atom is 0.159 e. The average molecular weight is 360 g/mol. The van der Waals surface area contributed by atoms with E-state index >= 15 is 0 Å². The van der Waals surface area contributed by atoms with Crippen molar-refractivity contribution in [2.24, 2.45) is 0 Å². The predicted octanol–water partition coefficient (Wildman–Crippen LogP) is 4.48. The molecule has 124 valence electrons. The minimum Gasteiger partial charge on any atom is -0.393 e. The number of nitrogens with two attached hydrogens (primary N) is 1. The molecule has 7 heteroatoms. The van der Waals surface area contributed by atoms with Gasteiger partial charge in [-0.15, -0.1) is 11.3 Å². The number of hydrogen-bond acceptors (Lipinski definition) is 6. The van der Waals surface area contributed by atoms with E-state index in [9.17, 15) is 0 Å². The van der Waals surface area contributed by atoms with Crippen molar-refractivity contribution in [3.05, 3.63) is 57.5 Å². The van der Waals surface area contributed by atoms with Crippen molar-refractivity contribution < 1.29 is 0 Å². The second-order valence-electron chi connectivity index (χ2n) is 5.33. The van der Waals surface area contributed by atoms with Crippen molar-refractivity contribution in [1.29, 1.82) is 0 Å². The smallest absolute Gasteiger partial charge is 0.159 e. The van der Waals surface area contributed by atoms with Crippen LogP contribution in [0, 0.1) is 6.92 Å². The lowest BCUT2D eigenvalue weighted by Gasteiger charge is -2.13. The number of nitrogen functional groups attached to an aromatic ring is 1. The van der Waals surface area contributed by atoms with E-state index in [4.69, 9.17) is 17.3 Å². The molecule has 0 radical (unpaired) electrons. The minimum atomic E-state index is 0.486. The third kappa shape index (κ3) is 3.96. The Bertz CT molecular complexity index is 820. The quantitative estimate of drug-likeness (QED) is 0.605. The number of halogens is 1. The summed E-state index contributed by atoms with van der Waals surface area (Å²) in [5.74, 6) is 1.19. The molecule has 4 N–H and O–H groups in total. The van der Waals surface area contributed by atoms with Crippen molar-refractivity contribution in [3.63, 3.8) is 0 Å². The van der Waals surface area contributed by atoms with Crippen LogP contribution in [0.2, 0.25) is 5.02 Å². The van der Waals surface area contributed by atoms with Crippen LogP contribution in [0.25, 0.3) is 0 Å². The number of thiophene rings is 1. The van der Waals surface area contributed by atoms with Crippen LogP contribution in [0.1, 0.15) is 10.4 Å². The van der Waals surface area contributed by atoms with Gasteiger partial charge in [-0.2, -0.15) is 0 Å². The first-order valence-electron chi connectivity index (χ1n) is 7.53. The standard InChI is InChI=1S/C17H18ClN5S/c1-11-4-5-12(9-14(11)18)23-17-15(19)16(21-10-22-17)20-7-6-13-3-2-8-24-13/h2-5,8-10H,6-7,19H2,1H3,(H2,20,21,22,23). The predicted molar refractivity (Wildman–Crippen MR) is 102 cm³/mol. The summed E-state index contributed by atoms with van der Waals surface area (Å²) in [4.78, 5) is 9.76. The van der Waals surface area contributed by atoms with E-state index in [1.165, 1.54) is 11.2 Å². The molecular formula is C17H18ClN5S. The van der Waals surface area contributed by atoms with Gasteiger partial charge in [0.1, 0.15) is 12.0 Å². The Morgan fingerprint density at radius 3 is 2.79 bits per heavy atom. The number of aromatic nitrogens is 2. The van der Waals surface area contributed by atoms with Gasteiger partial charge in [0.2, 0.25) is 0 Å². The summed E-state index contributed by atoms with van der Waals surface area (Å²) in [6, 6.07) is 9.90. The Labute approximate surface area is 149 Å². The zero-order valence-electron chi connectivity index (χ0n) is 13.2. The highest BCUT2D eigenvalue weighted by Gasteiger charge is 2.09. The molecule has 3 aromatic rings. The van der Waals surface area contributed by atoms with Gasteiger partial charge in [-0.1, -0.05) is 23.7 Å². The number of rotatable bonds is 6. The second-order valence-corrected chi connectivity index (χ2v) is 6.77. The normalized spacial score (nSPS) is 10.6. The van der Waals surface area contributed by atoms with Crippen LogP contribution in [0.3, 0.4) is 0 Å². The van der Waals surface area contributed by atoms with E-state index < -0.39 is 0 Å².